The van der Waals surface area contributed by atoms with E-state index in [1.54, 1.807) is 0 Å². The van der Waals surface area contributed by atoms with Crippen LogP contribution in [0, 0.1) is 0 Å². The largest absolute Gasteiger partial charge is 0.382 e. The summed E-state index contributed by atoms with van der Waals surface area (Å²) in [5, 5.41) is 1.10. The zero-order valence-electron chi connectivity index (χ0n) is 9.45. The van der Waals surface area contributed by atoms with Crippen molar-refractivity contribution < 1.29 is 14.5 Å². The number of hydrogen-bond acceptors (Lipinski definition) is 7. The molecule has 0 bridgehead atoms. The summed E-state index contributed by atoms with van der Waals surface area (Å²) in [7, 11) is 0. The minimum Gasteiger partial charge on any atom is -0.382 e. The summed E-state index contributed by atoms with van der Waals surface area (Å²) in [6, 6.07) is 0. The van der Waals surface area contributed by atoms with Crippen molar-refractivity contribution in [1.82, 2.24) is 10.7 Å². The highest BCUT2D eigenvalue weighted by Gasteiger charge is 2.13. The van der Waals surface area contributed by atoms with Gasteiger partial charge < -0.3 is 11.5 Å². The molecule has 0 amide bonds. The van der Waals surface area contributed by atoms with E-state index in [-0.39, 0.29) is 11.6 Å². The molecule has 0 saturated heterocycles. The molecular formula is C8H20N4O3. The molecule has 0 unspecified atom stereocenters. The SMILES string of the molecule is CCONC(=C(N)N)N(OCC)OCC. The Morgan fingerprint density at radius 3 is 1.93 bits per heavy atom. The van der Waals surface area contributed by atoms with Crippen molar-refractivity contribution in [3.8, 4) is 0 Å². The van der Waals surface area contributed by atoms with Gasteiger partial charge in [0.2, 0.25) is 5.82 Å². The number of hydrogen-bond donors (Lipinski definition) is 3. The Kier molecular flexibility index (Phi) is 7.51. The Morgan fingerprint density at radius 2 is 1.60 bits per heavy atom. The third kappa shape index (κ3) is 5.31. The maximum atomic E-state index is 5.45. The Bertz CT molecular complexity index is 188. The van der Waals surface area contributed by atoms with Crippen LogP contribution in [0.3, 0.4) is 0 Å². The highest BCUT2D eigenvalue weighted by atomic mass is 17.0. The molecule has 0 radical (unpaired) electrons. The molecule has 0 aliphatic carbocycles. The molecule has 0 fully saturated rings. The third-order valence-electron chi connectivity index (χ3n) is 1.26. The van der Waals surface area contributed by atoms with Crippen LogP contribution in [0.2, 0.25) is 0 Å². The van der Waals surface area contributed by atoms with E-state index in [2.05, 4.69) is 5.48 Å². The van der Waals surface area contributed by atoms with Crippen molar-refractivity contribution >= 4 is 0 Å². The van der Waals surface area contributed by atoms with Gasteiger partial charge in [-0.3, -0.25) is 4.84 Å². The van der Waals surface area contributed by atoms with E-state index < -0.39 is 0 Å². The first kappa shape index (κ1) is 13.8. The Labute approximate surface area is 89.8 Å². The minimum atomic E-state index is 0.0188. The molecule has 0 aromatic carbocycles. The average Bonchev–Trinajstić information content (AvgIpc) is 2.18. The van der Waals surface area contributed by atoms with E-state index in [1.165, 1.54) is 0 Å². The number of nitrogens with two attached hydrogens (primary N) is 2. The molecule has 5 N–H and O–H groups in total. The molecule has 0 aromatic heterocycles. The second-order valence-corrected chi connectivity index (χ2v) is 2.43. The van der Waals surface area contributed by atoms with Crippen LogP contribution in [0.15, 0.2) is 11.6 Å². The van der Waals surface area contributed by atoms with Crippen LogP contribution < -0.4 is 16.9 Å². The lowest BCUT2D eigenvalue weighted by Crippen LogP contribution is -2.37. The monoisotopic (exact) mass is 220 g/mol. The molecular weight excluding hydrogens is 200 g/mol. The van der Waals surface area contributed by atoms with E-state index in [0.717, 1.165) is 5.23 Å². The van der Waals surface area contributed by atoms with Gasteiger partial charge in [-0.05, 0) is 20.8 Å². The molecule has 0 aliphatic rings. The van der Waals surface area contributed by atoms with Crippen LogP contribution >= 0.6 is 0 Å². The Balaban J connectivity index is 4.46. The van der Waals surface area contributed by atoms with Gasteiger partial charge in [0.15, 0.2) is 0 Å². The summed E-state index contributed by atoms with van der Waals surface area (Å²) in [4.78, 5) is 15.3. The average molecular weight is 220 g/mol. The zero-order valence-corrected chi connectivity index (χ0v) is 9.45. The number of nitrogens with zero attached hydrogens (tertiary/aromatic N) is 1. The number of rotatable bonds is 8. The predicted octanol–water partition coefficient (Wildman–Crippen LogP) is -0.223. The van der Waals surface area contributed by atoms with Gasteiger partial charge in [-0.15, -0.1) is 5.23 Å². The second kappa shape index (κ2) is 8.16. The maximum Gasteiger partial charge on any atom is 0.221 e. The quantitative estimate of drug-likeness (QED) is 0.486. The van der Waals surface area contributed by atoms with Crippen LogP contribution in [0.4, 0.5) is 0 Å². The third-order valence-corrected chi connectivity index (χ3v) is 1.26. The second-order valence-electron chi connectivity index (χ2n) is 2.43. The van der Waals surface area contributed by atoms with Gasteiger partial charge in [-0.1, -0.05) is 0 Å². The molecule has 0 spiro atoms. The molecule has 0 heterocycles. The summed E-state index contributed by atoms with van der Waals surface area (Å²) in [6.07, 6.45) is 0. The first-order valence-electron chi connectivity index (χ1n) is 4.86. The molecule has 0 saturated carbocycles. The van der Waals surface area contributed by atoms with Crippen LogP contribution in [-0.4, -0.2) is 25.0 Å². The lowest BCUT2D eigenvalue weighted by Gasteiger charge is -2.24. The van der Waals surface area contributed by atoms with Crippen molar-refractivity contribution in [3.05, 3.63) is 11.6 Å². The van der Waals surface area contributed by atoms with E-state index in [4.69, 9.17) is 26.0 Å². The number of hydroxylamine groups is 3. The van der Waals surface area contributed by atoms with Crippen molar-refractivity contribution in [1.29, 1.82) is 0 Å². The van der Waals surface area contributed by atoms with E-state index >= 15 is 0 Å². The Hall–Kier alpha value is -1.18. The fourth-order valence-electron chi connectivity index (χ4n) is 0.743. The molecule has 0 rings (SSSR count). The highest BCUT2D eigenvalue weighted by molar-refractivity contribution is 4.99. The summed E-state index contributed by atoms with van der Waals surface area (Å²) in [5.41, 5.74) is 13.4. The molecule has 15 heavy (non-hydrogen) atoms. The summed E-state index contributed by atoms with van der Waals surface area (Å²) < 4.78 is 0. The van der Waals surface area contributed by atoms with Crippen LogP contribution in [0.1, 0.15) is 20.8 Å². The standard InChI is InChI=1S/C8H20N4O3/c1-4-13-11-8(7(9)10)12(14-5-2)15-6-3/h11H,4-6,9-10H2,1-3H3. The first-order valence-corrected chi connectivity index (χ1v) is 4.86. The Morgan fingerprint density at radius 1 is 1.07 bits per heavy atom. The fraction of sp³-hybridized carbons (Fsp3) is 0.750. The van der Waals surface area contributed by atoms with Gasteiger partial charge in [0.05, 0.1) is 19.8 Å². The van der Waals surface area contributed by atoms with E-state index in [1.807, 2.05) is 20.8 Å². The van der Waals surface area contributed by atoms with E-state index in [0.29, 0.717) is 19.8 Å². The molecule has 0 aromatic rings. The lowest BCUT2D eigenvalue weighted by atomic mass is 10.7. The summed E-state index contributed by atoms with van der Waals surface area (Å²) in [6.45, 7) is 6.76. The van der Waals surface area contributed by atoms with E-state index in [9.17, 15) is 0 Å². The minimum absolute atomic E-state index is 0.0188. The van der Waals surface area contributed by atoms with Gasteiger partial charge in [-0.25, -0.2) is 15.2 Å². The molecule has 0 atom stereocenters. The normalized spacial score (nSPS) is 9.80. The smallest absolute Gasteiger partial charge is 0.221 e. The van der Waals surface area contributed by atoms with Crippen LogP contribution in [-0.2, 0) is 14.5 Å². The highest BCUT2D eigenvalue weighted by Crippen LogP contribution is 2.04. The van der Waals surface area contributed by atoms with Crippen LogP contribution in [0.25, 0.3) is 0 Å². The van der Waals surface area contributed by atoms with Crippen molar-refractivity contribution in [3.63, 3.8) is 0 Å². The van der Waals surface area contributed by atoms with Crippen LogP contribution in [0.5, 0.6) is 0 Å². The fourth-order valence-corrected chi connectivity index (χ4v) is 0.743. The predicted molar refractivity (Wildman–Crippen MR) is 55.3 cm³/mol. The molecule has 0 aliphatic heterocycles. The van der Waals surface area contributed by atoms with Gasteiger partial charge >= 0.3 is 0 Å². The number of nitrogens with one attached hydrogen (secondary N) is 1. The van der Waals surface area contributed by atoms with Crippen molar-refractivity contribution in [2.75, 3.05) is 19.8 Å². The van der Waals surface area contributed by atoms with Crippen molar-refractivity contribution in [2.24, 2.45) is 11.5 Å². The molecule has 7 nitrogen and oxygen atoms in total. The topological polar surface area (TPSA) is 95.0 Å². The van der Waals surface area contributed by atoms with Gasteiger partial charge in [0, 0.05) is 0 Å². The lowest BCUT2D eigenvalue weighted by molar-refractivity contribution is -0.350. The van der Waals surface area contributed by atoms with Gasteiger partial charge in [0.1, 0.15) is 5.82 Å². The van der Waals surface area contributed by atoms with Gasteiger partial charge in [0.25, 0.3) is 0 Å². The summed E-state index contributed by atoms with van der Waals surface area (Å²) >= 11 is 0. The van der Waals surface area contributed by atoms with Gasteiger partial charge in [-0.2, -0.15) is 0 Å². The molecule has 7 heteroatoms. The maximum absolute atomic E-state index is 5.45. The van der Waals surface area contributed by atoms with Crippen molar-refractivity contribution in [2.45, 2.75) is 20.8 Å². The summed E-state index contributed by atoms with van der Waals surface area (Å²) in [5.74, 6) is 0.255. The molecule has 90 valence electrons. The zero-order chi connectivity index (χ0) is 11.7. The first-order chi connectivity index (χ1) is 7.17.